The van der Waals surface area contributed by atoms with E-state index in [1.807, 2.05) is 6.07 Å². The fraction of sp³-hybridized carbons (Fsp3) is 0.0625. The van der Waals surface area contributed by atoms with Gasteiger partial charge >= 0.3 is 5.97 Å². The topological polar surface area (TPSA) is 90.2 Å². The lowest BCUT2D eigenvalue weighted by Gasteiger charge is -2.15. The normalized spacial score (nSPS) is 11.2. The second-order valence-electron chi connectivity index (χ2n) is 4.35. The molecule has 21 heavy (non-hydrogen) atoms. The van der Waals surface area contributed by atoms with Gasteiger partial charge < -0.3 is 10.4 Å². The first kappa shape index (κ1) is 14.3. The molecular weight excluding hydrogens is 268 g/mol. The Kier molecular flexibility index (Phi) is 4.32. The molecule has 2 N–H and O–H groups in total. The summed E-state index contributed by atoms with van der Waals surface area (Å²) in [4.78, 5) is 23.4. The number of carbonyl (C=O) groups is 2. The summed E-state index contributed by atoms with van der Waals surface area (Å²) in [5.74, 6) is -1.69. The van der Waals surface area contributed by atoms with Crippen molar-refractivity contribution in [3.05, 3.63) is 71.3 Å². The highest BCUT2D eigenvalue weighted by Gasteiger charge is 2.22. The molecule has 0 spiro atoms. The maximum atomic E-state index is 12.1. The third-order valence-corrected chi connectivity index (χ3v) is 2.91. The number of hydrogen-bond donors (Lipinski definition) is 2. The Morgan fingerprint density at radius 2 is 1.81 bits per heavy atom. The van der Waals surface area contributed by atoms with Crippen molar-refractivity contribution < 1.29 is 14.7 Å². The molecule has 0 aliphatic carbocycles. The summed E-state index contributed by atoms with van der Waals surface area (Å²) in [5, 5.41) is 20.5. The number of hydrogen-bond acceptors (Lipinski definition) is 3. The van der Waals surface area contributed by atoms with Crippen LogP contribution in [-0.4, -0.2) is 17.0 Å². The minimum absolute atomic E-state index is 0.247. The second-order valence-corrected chi connectivity index (χ2v) is 4.35. The van der Waals surface area contributed by atoms with Crippen LogP contribution >= 0.6 is 0 Å². The molecule has 104 valence electrons. The van der Waals surface area contributed by atoms with Crippen LogP contribution in [0.3, 0.4) is 0 Å². The van der Waals surface area contributed by atoms with Crippen molar-refractivity contribution in [2.24, 2.45) is 0 Å². The van der Waals surface area contributed by atoms with Crippen LogP contribution in [0, 0.1) is 11.3 Å². The molecule has 0 unspecified atom stereocenters. The number of nitriles is 1. The number of amides is 1. The summed E-state index contributed by atoms with van der Waals surface area (Å²) >= 11 is 0. The monoisotopic (exact) mass is 280 g/mol. The van der Waals surface area contributed by atoms with Crippen molar-refractivity contribution in [1.82, 2.24) is 5.32 Å². The third kappa shape index (κ3) is 3.45. The summed E-state index contributed by atoms with van der Waals surface area (Å²) in [6.45, 7) is 0. The van der Waals surface area contributed by atoms with Crippen LogP contribution < -0.4 is 5.32 Å². The van der Waals surface area contributed by atoms with E-state index in [1.165, 1.54) is 12.1 Å². The number of benzene rings is 2. The van der Waals surface area contributed by atoms with Crippen LogP contribution in [0.2, 0.25) is 0 Å². The molecule has 1 amide bonds. The molecule has 0 heterocycles. The van der Waals surface area contributed by atoms with Gasteiger partial charge in [-0.15, -0.1) is 0 Å². The number of nitrogens with zero attached hydrogens (tertiary/aromatic N) is 1. The lowest BCUT2D eigenvalue weighted by Crippen LogP contribution is -2.33. The molecule has 0 aliphatic rings. The van der Waals surface area contributed by atoms with Gasteiger partial charge in [0.25, 0.3) is 5.91 Å². The lowest BCUT2D eigenvalue weighted by atomic mass is 10.1. The zero-order valence-corrected chi connectivity index (χ0v) is 11.0. The Hall–Kier alpha value is -3.13. The molecule has 5 nitrogen and oxygen atoms in total. The molecule has 0 saturated heterocycles. The van der Waals surface area contributed by atoms with Crippen LogP contribution in [0.4, 0.5) is 0 Å². The predicted molar refractivity (Wildman–Crippen MR) is 75.4 cm³/mol. The Morgan fingerprint density at radius 1 is 1.10 bits per heavy atom. The van der Waals surface area contributed by atoms with Gasteiger partial charge in [-0.25, -0.2) is 4.79 Å². The molecule has 5 heteroatoms. The van der Waals surface area contributed by atoms with Gasteiger partial charge in [0.15, 0.2) is 6.04 Å². The van der Waals surface area contributed by atoms with Crippen LogP contribution in [0.5, 0.6) is 0 Å². The number of carboxylic acid groups (broad SMARTS) is 1. The Labute approximate surface area is 121 Å². The molecule has 0 fully saturated rings. The van der Waals surface area contributed by atoms with Crippen molar-refractivity contribution in [3.8, 4) is 6.07 Å². The fourth-order valence-corrected chi connectivity index (χ4v) is 1.88. The van der Waals surface area contributed by atoms with E-state index in [-0.39, 0.29) is 5.56 Å². The van der Waals surface area contributed by atoms with Gasteiger partial charge in [-0.1, -0.05) is 36.4 Å². The Balaban J connectivity index is 2.23. The van der Waals surface area contributed by atoms with E-state index in [0.717, 1.165) is 0 Å². The van der Waals surface area contributed by atoms with Crippen LogP contribution in [0.25, 0.3) is 0 Å². The van der Waals surface area contributed by atoms with Gasteiger partial charge in [0, 0.05) is 5.56 Å². The number of carbonyl (C=O) groups excluding carboxylic acids is 1. The molecule has 0 radical (unpaired) electrons. The Bertz CT molecular complexity index is 705. The molecule has 2 aromatic rings. The zero-order valence-electron chi connectivity index (χ0n) is 11.0. The van der Waals surface area contributed by atoms with E-state index in [1.54, 1.807) is 42.5 Å². The minimum atomic E-state index is -1.15. The van der Waals surface area contributed by atoms with Gasteiger partial charge in [-0.3, -0.25) is 4.79 Å². The second kappa shape index (κ2) is 6.35. The summed E-state index contributed by atoms with van der Waals surface area (Å²) < 4.78 is 0. The molecule has 1 atom stereocenters. The minimum Gasteiger partial charge on any atom is -0.479 e. The maximum absolute atomic E-state index is 12.1. The van der Waals surface area contributed by atoms with Gasteiger partial charge in [0.2, 0.25) is 0 Å². The standard InChI is InChI=1S/C16H12N2O3/c17-10-11-5-4-8-13(9-11)15(19)18-14(16(20)21)12-6-2-1-3-7-12/h1-9,14H,(H,18,19)(H,20,21)/t14-/m0/s1. The zero-order chi connectivity index (χ0) is 15.2. The Morgan fingerprint density at radius 3 is 2.43 bits per heavy atom. The van der Waals surface area contributed by atoms with Crippen molar-refractivity contribution in [2.45, 2.75) is 6.04 Å². The quantitative estimate of drug-likeness (QED) is 0.897. The number of nitrogens with one attached hydrogen (secondary N) is 1. The maximum Gasteiger partial charge on any atom is 0.330 e. The van der Waals surface area contributed by atoms with E-state index in [4.69, 9.17) is 5.26 Å². The molecule has 0 bridgehead atoms. The highest BCUT2D eigenvalue weighted by molar-refractivity contribution is 5.97. The molecule has 0 aromatic heterocycles. The summed E-state index contributed by atoms with van der Waals surface area (Å²) in [5.41, 5.74) is 1.07. The van der Waals surface area contributed by atoms with Crippen LogP contribution in [0.1, 0.15) is 27.5 Å². The van der Waals surface area contributed by atoms with Crippen molar-refractivity contribution in [1.29, 1.82) is 5.26 Å². The van der Waals surface area contributed by atoms with Gasteiger partial charge in [-0.05, 0) is 23.8 Å². The summed E-state index contributed by atoms with van der Waals surface area (Å²) in [6, 6.07) is 15.3. The fourth-order valence-electron chi connectivity index (χ4n) is 1.88. The lowest BCUT2D eigenvalue weighted by molar-refractivity contribution is -0.139. The average molecular weight is 280 g/mol. The summed E-state index contributed by atoms with van der Waals surface area (Å²) in [7, 11) is 0. The van der Waals surface area contributed by atoms with E-state index >= 15 is 0 Å². The van der Waals surface area contributed by atoms with Crippen LogP contribution in [0.15, 0.2) is 54.6 Å². The average Bonchev–Trinajstić information content (AvgIpc) is 2.53. The van der Waals surface area contributed by atoms with Gasteiger partial charge in [0.1, 0.15) is 0 Å². The van der Waals surface area contributed by atoms with Crippen molar-refractivity contribution in [3.63, 3.8) is 0 Å². The van der Waals surface area contributed by atoms with Crippen molar-refractivity contribution in [2.75, 3.05) is 0 Å². The van der Waals surface area contributed by atoms with E-state index < -0.39 is 17.9 Å². The highest BCUT2D eigenvalue weighted by atomic mass is 16.4. The number of aliphatic carboxylic acids is 1. The summed E-state index contributed by atoms with van der Waals surface area (Å²) in [6.07, 6.45) is 0. The predicted octanol–water partition coefficient (Wildman–Crippen LogP) is 2.11. The first-order chi connectivity index (χ1) is 10.1. The first-order valence-electron chi connectivity index (χ1n) is 6.20. The molecule has 2 rings (SSSR count). The third-order valence-electron chi connectivity index (χ3n) is 2.91. The molecule has 0 saturated carbocycles. The first-order valence-corrected chi connectivity index (χ1v) is 6.20. The van der Waals surface area contributed by atoms with E-state index in [2.05, 4.69) is 5.32 Å². The number of rotatable bonds is 4. The van der Waals surface area contributed by atoms with E-state index in [9.17, 15) is 14.7 Å². The van der Waals surface area contributed by atoms with Crippen LogP contribution in [-0.2, 0) is 4.79 Å². The number of carboxylic acids is 1. The van der Waals surface area contributed by atoms with Gasteiger partial charge in [0.05, 0.1) is 11.6 Å². The highest BCUT2D eigenvalue weighted by Crippen LogP contribution is 2.14. The van der Waals surface area contributed by atoms with Crippen molar-refractivity contribution >= 4 is 11.9 Å². The van der Waals surface area contributed by atoms with E-state index in [0.29, 0.717) is 11.1 Å². The SMILES string of the molecule is N#Cc1cccc(C(=O)N[C@H](C(=O)O)c2ccccc2)c1. The molecule has 2 aromatic carbocycles. The van der Waals surface area contributed by atoms with Gasteiger partial charge in [-0.2, -0.15) is 5.26 Å². The molecular formula is C16H12N2O3. The largest absolute Gasteiger partial charge is 0.479 e. The smallest absolute Gasteiger partial charge is 0.330 e. The molecule has 0 aliphatic heterocycles.